The monoisotopic (exact) mass is 370 g/mol. The molecule has 0 saturated heterocycles. The van der Waals surface area contributed by atoms with Gasteiger partial charge in [-0.1, -0.05) is 57.0 Å². The predicted octanol–water partition coefficient (Wildman–Crippen LogP) is 5.56. The third-order valence-electron chi connectivity index (χ3n) is 4.37. The molecule has 140 valence electrons. The molecule has 0 aliphatic carbocycles. The first-order valence-corrected chi connectivity index (χ1v) is 9.65. The maximum atomic E-state index is 12.2. The van der Waals surface area contributed by atoms with E-state index in [9.17, 15) is 4.79 Å². The molecular formula is C22H30N2OS. The molecular weight excluding hydrogens is 340 g/mol. The molecule has 0 unspecified atom stereocenters. The molecule has 2 amide bonds. The molecule has 0 radical (unpaired) electrons. The van der Waals surface area contributed by atoms with Crippen molar-refractivity contribution in [3.05, 3.63) is 64.7 Å². The van der Waals surface area contributed by atoms with E-state index < -0.39 is 0 Å². The molecule has 0 saturated carbocycles. The molecule has 26 heavy (non-hydrogen) atoms. The summed E-state index contributed by atoms with van der Waals surface area (Å²) in [6.45, 7) is 10.3. The van der Waals surface area contributed by atoms with Crippen LogP contribution >= 0.6 is 12.8 Å². The van der Waals surface area contributed by atoms with E-state index in [1.165, 1.54) is 26.6 Å². The van der Waals surface area contributed by atoms with Crippen LogP contribution in [-0.2, 0) is 19.3 Å². The van der Waals surface area contributed by atoms with Crippen LogP contribution in [0.2, 0.25) is 0 Å². The second-order valence-electron chi connectivity index (χ2n) is 7.60. The van der Waals surface area contributed by atoms with E-state index in [0.717, 1.165) is 24.9 Å². The summed E-state index contributed by atoms with van der Waals surface area (Å²) in [5.41, 5.74) is 5.96. The van der Waals surface area contributed by atoms with Crippen LogP contribution in [0.5, 0.6) is 0 Å². The molecule has 1 N–H and O–H groups in total. The van der Waals surface area contributed by atoms with Crippen LogP contribution in [0.1, 0.15) is 56.9 Å². The van der Waals surface area contributed by atoms with E-state index >= 15 is 0 Å². The Kier molecular flexibility index (Phi) is 6.76. The van der Waals surface area contributed by atoms with Crippen molar-refractivity contribution in [1.29, 1.82) is 0 Å². The Hall–Kier alpha value is -1.94. The summed E-state index contributed by atoms with van der Waals surface area (Å²) in [6.07, 6.45) is 2.99. The van der Waals surface area contributed by atoms with Gasteiger partial charge < -0.3 is 5.32 Å². The molecule has 2 rings (SSSR count). The minimum Gasteiger partial charge on any atom is -0.332 e. The molecule has 0 heterocycles. The predicted molar refractivity (Wildman–Crippen MR) is 114 cm³/mol. The molecule has 0 bridgehead atoms. The zero-order valence-corrected chi connectivity index (χ0v) is 17.4. The van der Waals surface area contributed by atoms with E-state index in [0.29, 0.717) is 0 Å². The van der Waals surface area contributed by atoms with Crippen LogP contribution in [0.25, 0.3) is 0 Å². The van der Waals surface area contributed by atoms with Crippen molar-refractivity contribution in [2.24, 2.45) is 0 Å². The number of rotatable bonds is 5. The number of benzene rings is 2. The zero-order chi connectivity index (χ0) is 19.3. The number of hydrogen-bond donors (Lipinski definition) is 2. The van der Waals surface area contributed by atoms with Crippen molar-refractivity contribution in [2.45, 2.75) is 59.4 Å². The van der Waals surface area contributed by atoms with Crippen LogP contribution < -0.4 is 9.62 Å². The molecule has 0 aromatic heterocycles. The highest BCUT2D eigenvalue weighted by atomic mass is 32.1. The molecule has 3 nitrogen and oxygen atoms in total. The average Bonchev–Trinajstić information content (AvgIpc) is 2.60. The summed E-state index contributed by atoms with van der Waals surface area (Å²) in [4.78, 5) is 12.2. The Labute approximate surface area is 163 Å². The molecule has 0 spiro atoms. The standard InChI is InChI=1S/C22H30N2OS/c1-6-17-9-8-10-18(7-2)20(17)15-16-11-13-19(14-12-16)24(26)21(25)23-22(3,4)5/h8-14,26H,6-7,15H2,1-5H3,(H,23,25). The first kappa shape index (κ1) is 20.4. The zero-order valence-electron chi connectivity index (χ0n) is 16.5. The van der Waals surface area contributed by atoms with Crippen LogP contribution in [-0.4, -0.2) is 11.6 Å². The second kappa shape index (κ2) is 8.63. The van der Waals surface area contributed by atoms with Crippen molar-refractivity contribution in [3.63, 3.8) is 0 Å². The number of carbonyl (C=O) groups is 1. The quantitative estimate of drug-likeness (QED) is 0.663. The number of nitrogens with zero attached hydrogens (tertiary/aromatic N) is 1. The SMILES string of the molecule is CCc1cccc(CC)c1Cc1ccc(N(S)C(=O)NC(C)(C)C)cc1. The van der Waals surface area contributed by atoms with E-state index in [2.05, 4.69) is 62.3 Å². The maximum Gasteiger partial charge on any atom is 0.332 e. The van der Waals surface area contributed by atoms with Crippen LogP contribution in [0.3, 0.4) is 0 Å². The van der Waals surface area contributed by atoms with E-state index in [1.54, 1.807) is 0 Å². The summed E-state index contributed by atoms with van der Waals surface area (Å²) in [5.74, 6) is 0. The minimum absolute atomic E-state index is 0.224. The van der Waals surface area contributed by atoms with Crippen molar-refractivity contribution in [2.75, 3.05) is 4.31 Å². The molecule has 2 aromatic rings. The van der Waals surface area contributed by atoms with Gasteiger partial charge in [-0.3, -0.25) is 0 Å². The Morgan fingerprint density at radius 1 is 1.00 bits per heavy atom. The lowest BCUT2D eigenvalue weighted by Gasteiger charge is -2.25. The van der Waals surface area contributed by atoms with E-state index in [-0.39, 0.29) is 11.6 Å². The smallest absolute Gasteiger partial charge is 0.332 e. The highest BCUT2D eigenvalue weighted by Crippen LogP contribution is 2.23. The number of anilines is 1. The first-order valence-electron chi connectivity index (χ1n) is 9.25. The lowest BCUT2D eigenvalue weighted by Crippen LogP contribution is -2.45. The number of hydrogen-bond acceptors (Lipinski definition) is 2. The second-order valence-corrected chi connectivity index (χ2v) is 8.00. The van der Waals surface area contributed by atoms with Gasteiger partial charge in [-0.05, 0) is 74.4 Å². The van der Waals surface area contributed by atoms with Crippen molar-refractivity contribution in [3.8, 4) is 0 Å². The lowest BCUT2D eigenvalue weighted by atomic mass is 9.92. The van der Waals surface area contributed by atoms with Crippen LogP contribution in [0.4, 0.5) is 10.5 Å². The fourth-order valence-electron chi connectivity index (χ4n) is 3.03. The summed E-state index contributed by atoms with van der Waals surface area (Å²) < 4.78 is 1.35. The van der Waals surface area contributed by atoms with E-state index in [4.69, 9.17) is 0 Å². The van der Waals surface area contributed by atoms with Gasteiger partial charge in [0.1, 0.15) is 0 Å². The lowest BCUT2D eigenvalue weighted by molar-refractivity contribution is 0.241. The van der Waals surface area contributed by atoms with Crippen LogP contribution in [0.15, 0.2) is 42.5 Å². The summed E-state index contributed by atoms with van der Waals surface area (Å²) >= 11 is 4.34. The number of amides is 2. The Balaban J connectivity index is 2.17. The van der Waals surface area contributed by atoms with Crippen LogP contribution in [0, 0.1) is 0 Å². The van der Waals surface area contributed by atoms with Gasteiger partial charge in [0.2, 0.25) is 0 Å². The third kappa shape index (κ3) is 5.28. The third-order valence-corrected chi connectivity index (χ3v) is 4.78. The Morgan fingerprint density at radius 3 is 2.00 bits per heavy atom. The number of nitrogens with one attached hydrogen (secondary N) is 1. The topological polar surface area (TPSA) is 32.3 Å². The minimum atomic E-state index is -0.293. The summed E-state index contributed by atoms with van der Waals surface area (Å²) in [6, 6.07) is 14.4. The molecule has 0 atom stereocenters. The van der Waals surface area contributed by atoms with Gasteiger partial charge in [-0.2, -0.15) is 0 Å². The van der Waals surface area contributed by atoms with Gasteiger partial charge in [-0.25, -0.2) is 9.10 Å². The first-order chi connectivity index (χ1) is 12.2. The van der Waals surface area contributed by atoms with Crippen molar-refractivity contribution < 1.29 is 4.79 Å². The number of urea groups is 1. The van der Waals surface area contributed by atoms with Gasteiger partial charge in [0.15, 0.2) is 0 Å². The largest absolute Gasteiger partial charge is 0.332 e. The Morgan fingerprint density at radius 2 is 1.54 bits per heavy atom. The van der Waals surface area contributed by atoms with Crippen molar-refractivity contribution in [1.82, 2.24) is 5.32 Å². The molecule has 0 fully saturated rings. The molecule has 4 heteroatoms. The fraction of sp³-hybridized carbons (Fsp3) is 0.409. The number of aryl methyl sites for hydroxylation is 2. The van der Waals surface area contributed by atoms with Gasteiger partial charge in [-0.15, -0.1) is 0 Å². The summed E-state index contributed by atoms with van der Waals surface area (Å²) in [7, 11) is 0. The van der Waals surface area contributed by atoms with Gasteiger partial charge in [0.05, 0.1) is 5.69 Å². The molecule has 0 aliphatic heterocycles. The van der Waals surface area contributed by atoms with Crippen molar-refractivity contribution >= 4 is 24.5 Å². The normalized spacial score (nSPS) is 11.3. The Bertz CT molecular complexity index is 725. The molecule has 2 aromatic carbocycles. The summed E-state index contributed by atoms with van der Waals surface area (Å²) in [5, 5.41) is 2.91. The molecule has 0 aliphatic rings. The van der Waals surface area contributed by atoms with Gasteiger partial charge in [0, 0.05) is 5.54 Å². The van der Waals surface area contributed by atoms with Gasteiger partial charge in [0.25, 0.3) is 0 Å². The number of carbonyl (C=O) groups excluding carboxylic acids is 1. The van der Waals surface area contributed by atoms with Gasteiger partial charge >= 0.3 is 6.03 Å². The fourth-order valence-corrected chi connectivity index (χ4v) is 3.21. The average molecular weight is 371 g/mol. The number of thiol groups is 1. The highest BCUT2D eigenvalue weighted by Gasteiger charge is 2.18. The highest BCUT2D eigenvalue weighted by molar-refractivity contribution is 7.82. The van der Waals surface area contributed by atoms with E-state index in [1.807, 2.05) is 32.9 Å². The maximum absolute atomic E-state index is 12.2.